The average Bonchev–Trinajstić information content (AvgIpc) is 2.48. The van der Waals surface area contributed by atoms with Crippen LogP contribution in [0.2, 0.25) is 0 Å². The first-order chi connectivity index (χ1) is 11.0. The fourth-order valence-corrected chi connectivity index (χ4v) is 2.94. The highest BCUT2D eigenvalue weighted by Crippen LogP contribution is 2.05. The predicted octanol–water partition coefficient (Wildman–Crippen LogP) is 0.692. The Kier molecular flexibility index (Phi) is 6.36. The van der Waals surface area contributed by atoms with Gasteiger partial charge in [0.1, 0.15) is 0 Å². The monoisotopic (exact) mass is 321 g/mol. The van der Waals surface area contributed by atoms with Crippen LogP contribution in [0.4, 0.5) is 0 Å². The van der Waals surface area contributed by atoms with Gasteiger partial charge >= 0.3 is 0 Å². The third-order valence-corrected chi connectivity index (χ3v) is 4.21. The summed E-state index contributed by atoms with van der Waals surface area (Å²) >= 11 is 0. The Morgan fingerprint density at radius 2 is 2.04 bits per heavy atom. The van der Waals surface area contributed by atoms with Gasteiger partial charge in [-0.25, -0.2) is 0 Å². The van der Waals surface area contributed by atoms with Crippen LogP contribution >= 0.6 is 0 Å². The van der Waals surface area contributed by atoms with Gasteiger partial charge in [-0.3, -0.25) is 9.59 Å². The molecule has 1 N–H and O–H groups in total. The van der Waals surface area contributed by atoms with E-state index < -0.39 is 0 Å². The van der Waals surface area contributed by atoms with E-state index in [2.05, 4.69) is 21.8 Å². The SMILES string of the molecule is Cc1cc(=O)cc(C)n1CCCC(=O)NCC1CN(C)CCO1. The van der Waals surface area contributed by atoms with Gasteiger partial charge in [0.05, 0.1) is 12.7 Å². The van der Waals surface area contributed by atoms with Crippen LogP contribution in [0.15, 0.2) is 16.9 Å². The molecule has 1 saturated heterocycles. The molecule has 1 aromatic heterocycles. The number of nitrogens with zero attached hydrogens (tertiary/aromatic N) is 2. The first kappa shape index (κ1) is 17.7. The topological polar surface area (TPSA) is 63.6 Å². The van der Waals surface area contributed by atoms with Crippen LogP contribution in [-0.2, 0) is 16.1 Å². The standard InChI is InChI=1S/C17H27N3O3/c1-13-9-15(21)10-14(2)20(13)6-4-5-17(22)18-11-16-12-19(3)7-8-23-16/h9-10,16H,4-8,11-12H2,1-3H3,(H,18,22). The normalized spacial score (nSPS) is 18.8. The molecule has 0 aliphatic carbocycles. The van der Waals surface area contributed by atoms with Crippen LogP contribution in [0.3, 0.4) is 0 Å². The number of morpholine rings is 1. The van der Waals surface area contributed by atoms with Crippen molar-refractivity contribution < 1.29 is 9.53 Å². The third-order valence-electron chi connectivity index (χ3n) is 4.21. The lowest BCUT2D eigenvalue weighted by Gasteiger charge is -2.30. The molecule has 1 unspecified atom stereocenters. The molecule has 2 rings (SSSR count). The summed E-state index contributed by atoms with van der Waals surface area (Å²) in [5.41, 5.74) is 1.91. The van der Waals surface area contributed by atoms with Crippen molar-refractivity contribution in [2.75, 3.05) is 33.3 Å². The maximum Gasteiger partial charge on any atom is 0.220 e. The predicted molar refractivity (Wildman–Crippen MR) is 89.7 cm³/mol. The van der Waals surface area contributed by atoms with E-state index >= 15 is 0 Å². The van der Waals surface area contributed by atoms with Crippen LogP contribution in [0.1, 0.15) is 24.2 Å². The minimum absolute atomic E-state index is 0.0337. The summed E-state index contributed by atoms with van der Waals surface area (Å²) in [6.07, 6.45) is 1.32. The lowest BCUT2D eigenvalue weighted by atomic mass is 10.2. The first-order valence-electron chi connectivity index (χ1n) is 8.20. The molecule has 23 heavy (non-hydrogen) atoms. The molecule has 0 bridgehead atoms. The van der Waals surface area contributed by atoms with Crippen LogP contribution < -0.4 is 10.7 Å². The highest BCUT2D eigenvalue weighted by Gasteiger charge is 2.18. The van der Waals surface area contributed by atoms with Crippen molar-refractivity contribution in [1.82, 2.24) is 14.8 Å². The summed E-state index contributed by atoms with van der Waals surface area (Å²) in [7, 11) is 2.06. The second-order valence-corrected chi connectivity index (χ2v) is 6.29. The Labute approximate surface area is 137 Å². The highest BCUT2D eigenvalue weighted by molar-refractivity contribution is 5.75. The molecule has 1 amide bonds. The van der Waals surface area contributed by atoms with Crippen molar-refractivity contribution >= 4 is 5.91 Å². The summed E-state index contributed by atoms with van der Waals surface area (Å²) in [5, 5.41) is 2.95. The first-order valence-corrected chi connectivity index (χ1v) is 8.20. The second kappa shape index (κ2) is 8.26. The smallest absolute Gasteiger partial charge is 0.220 e. The molecule has 1 fully saturated rings. The minimum Gasteiger partial charge on any atom is -0.374 e. The van der Waals surface area contributed by atoms with E-state index in [0.29, 0.717) is 13.0 Å². The lowest BCUT2D eigenvalue weighted by molar-refractivity contribution is -0.122. The van der Waals surface area contributed by atoms with Gasteiger partial charge in [-0.2, -0.15) is 0 Å². The number of carbonyl (C=O) groups is 1. The molecule has 0 saturated carbocycles. The zero-order chi connectivity index (χ0) is 16.8. The number of hydrogen-bond acceptors (Lipinski definition) is 4. The molecule has 1 aromatic rings. The summed E-state index contributed by atoms with van der Waals surface area (Å²) in [4.78, 5) is 25.6. The maximum absolute atomic E-state index is 11.9. The Bertz CT molecular complexity index is 571. The van der Waals surface area contributed by atoms with Gasteiger partial charge in [0, 0.05) is 56.1 Å². The van der Waals surface area contributed by atoms with E-state index in [9.17, 15) is 9.59 Å². The van der Waals surface area contributed by atoms with Gasteiger partial charge in [-0.1, -0.05) is 0 Å². The largest absolute Gasteiger partial charge is 0.374 e. The minimum atomic E-state index is 0.0337. The molecule has 128 valence electrons. The highest BCUT2D eigenvalue weighted by atomic mass is 16.5. The Morgan fingerprint density at radius 1 is 1.35 bits per heavy atom. The van der Waals surface area contributed by atoms with Gasteiger partial charge < -0.3 is 19.5 Å². The third kappa shape index (κ3) is 5.48. The lowest BCUT2D eigenvalue weighted by Crippen LogP contribution is -2.45. The molecular weight excluding hydrogens is 294 g/mol. The van der Waals surface area contributed by atoms with Crippen LogP contribution in [0, 0.1) is 13.8 Å². The maximum atomic E-state index is 11.9. The van der Waals surface area contributed by atoms with Gasteiger partial charge in [0.25, 0.3) is 0 Å². The van der Waals surface area contributed by atoms with E-state index in [1.54, 1.807) is 12.1 Å². The molecular formula is C17H27N3O3. The van der Waals surface area contributed by atoms with E-state index in [1.165, 1.54) is 0 Å². The van der Waals surface area contributed by atoms with Crippen molar-refractivity contribution in [2.45, 2.75) is 39.3 Å². The summed E-state index contributed by atoms with van der Waals surface area (Å²) in [6, 6.07) is 3.26. The van der Waals surface area contributed by atoms with Crippen molar-refractivity contribution in [3.05, 3.63) is 33.7 Å². The number of rotatable bonds is 6. The molecule has 0 spiro atoms. The van der Waals surface area contributed by atoms with Gasteiger partial charge in [-0.05, 0) is 27.3 Å². The van der Waals surface area contributed by atoms with Crippen LogP contribution in [-0.4, -0.2) is 54.8 Å². The van der Waals surface area contributed by atoms with E-state index in [1.807, 2.05) is 13.8 Å². The van der Waals surface area contributed by atoms with Gasteiger partial charge in [0.2, 0.25) is 5.91 Å². The molecule has 6 nitrogen and oxygen atoms in total. The number of aryl methyl sites for hydroxylation is 2. The number of pyridine rings is 1. The van der Waals surface area contributed by atoms with Crippen molar-refractivity contribution in [3.8, 4) is 0 Å². The number of hydrogen-bond donors (Lipinski definition) is 1. The molecule has 6 heteroatoms. The average molecular weight is 321 g/mol. The number of ether oxygens (including phenoxy) is 1. The van der Waals surface area contributed by atoms with Crippen LogP contribution in [0.5, 0.6) is 0 Å². The summed E-state index contributed by atoms with van der Waals surface area (Å²) < 4.78 is 7.70. The van der Waals surface area contributed by atoms with Crippen molar-refractivity contribution in [2.24, 2.45) is 0 Å². The van der Waals surface area contributed by atoms with E-state index in [4.69, 9.17) is 4.74 Å². The Hall–Kier alpha value is -1.66. The summed E-state index contributed by atoms with van der Waals surface area (Å²) in [6.45, 7) is 7.69. The molecule has 1 aliphatic heterocycles. The van der Waals surface area contributed by atoms with Gasteiger partial charge in [0.15, 0.2) is 5.43 Å². The number of aromatic nitrogens is 1. The molecule has 1 aliphatic rings. The van der Waals surface area contributed by atoms with Gasteiger partial charge in [-0.15, -0.1) is 0 Å². The van der Waals surface area contributed by atoms with E-state index in [-0.39, 0.29) is 17.4 Å². The molecule has 1 atom stereocenters. The Morgan fingerprint density at radius 3 is 2.70 bits per heavy atom. The number of amides is 1. The van der Waals surface area contributed by atoms with Crippen molar-refractivity contribution in [3.63, 3.8) is 0 Å². The fourth-order valence-electron chi connectivity index (χ4n) is 2.94. The number of carbonyl (C=O) groups excluding carboxylic acids is 1. The van der Waals surface area contributed by atoms with Crippen LogP contribution in [0.25, 0.3) is 0 Å². The number of nitrogens with one attached hydrogen (secondary N) is 1. The van der Waals surface area contributed by atoms with Crippen molar-refractivity contribution in [1.29, 1.82) is 0 Å². The fraction of sp³-hybridized carbons (Fsp3) is 0.647. The quantitative estimate of drug-likeness (QED) is 0.837. The summed E-state index contributed by atoms with van der Waals surface area (Å²) in [5.74, 6) is 0.0539. The molecule has 0 aromatic carbocycles. The van der Waals surface area contributed by atoms with E-state index in [0.717, 1.165) is 44.0 Å². The Balaban J connectivity index is 1.72. The number of likely N-dealkylation sites (N-methyl/N-ethyl adjacent to an activating group) is 1. The second-order valence-electron chi connectivity index (χ2n) is 6.29. The zero-order valence-corrected chi connectivity index (χ0v) is 14.3. The molecule has 0 radical (unpaired) electrons. The molecule has 2 heterocycles. The zero-order valence-electron chi connectivity index (χ0n) is 14.3.